The van der Waals surface area contributed by atoms with Crippen molar-refractivity contribution in [3.8, 4) is 0 Å². The monoisotopic (exact) mass is 178 g/mol. The highest BCUT2D eigenvalue weighted by Gasteiger charge is 1.96. The van der Waals surface area contributed by atoms with E-state index in [9.17, 15) is 4.79 Å². The highest BCUT2D eigenvalue weighted by Crippen LogP contribution is 2.05. The largest absolute Gasteiger partial charge is 0.399 e. The number of anilines is 1. The highest BCUT2D eigenvalue weighted by atomic mass is 16.1. The summed E-state index contributed by atoms with van der Waals surface area (Å²) in [5.74, 6) is 0.0578. The lowest BCUT2D eigenvalue weighted by atomic mass is 10.2. The van der Waals surface area contributed by atoms with Crippen LogP contribution in [0.5, 0.6) is 0 Å². The third-order valence-electron chi connectivity index (χ3n) is 1.76. The maximum atomic E-state index is 10.9. The normalized spacial score (nSPS) is 9.62. The van der Waals surface area contributed by atoms with Crippen LogP contribution in [0, 0.1) is 0 Å². The molecule has 0 bridgehead atoms. The van der Waals surface area contributed by atoms with Gasteiger partial charge in [-0.15, -0.1) is 0 Å². The summed E-state index contributed by atoms with van der Waals surface area (Å²) in [7, 11) is 0. The Morgan fingerprint density at radius 2 is 2.31 bits per heavy atom. The summed E-state index contributed by atoms with van der Waals surface area (Å²) >= 11 is 0. The van der Waals surface area contributed by atoms with E-state index in [0.717, 1.165) is 11.3 Å². The Morgan fingerprint density at radius 1 is 1.54 bits per heavy atom. The van der Waals surface area contributed by atoms with Crippen molar-refractivity contribution in [3.05, 3.63) is 29.8 Å². The zero-order chi connectivity index (χ0) is 9.68. The van der Waals surface area contributed by atoms with Crippen LogP contribution < -0.4 is 11.1 Å². The Bertz CT molecular complexity index is 297. The molecule has 0 atom stereocenters. The fraction of sp³-hybridized carbons (Fsp3) is 0.300. The number of nitrogens with one attached hydrogen (secondary N) is 1. The molecule has 1 aromatic carbocycles. The maximum absolute atomic E-state index is 10.9. The average molecular weight is 178 g/mol. The van der Waals surface area contributed by atoms with Crippen LogP contribution in [0.1, 0.15) is 18.9 Å². The van der Waals surface area contributed by atoms with Gasteiger partial charge in [0.2, 0.25) is 5.91 Å². The molecule has 0 aliphatic heterocycles. The van der Waals surface area contributed by atoms with Crippen molar-refractivity contribution in [2.24, 2.45) is 0 Å². The van der Waals surface area contributed by atoms with Crippen LogP contribution in [0.15, 0.2) is 24.3 Å². The lowest BCUT2D eigenvalue weighted by molar-refractivity contribution is -0.120. The van der Waals surface area contributed by atoms with Gasteiger partial charge in [0, 0.05) is 18.7 Å². The van der Waals surface area contributed by atoms with Crippen molar-refractivity contribution in [3.63, 3.8) is 0 Å². The van der Waals surface area contributed by atoms with Crippen LogP contribution in [-0.2, 0) is 11.3 Å². The molecule has 0 aromatic heterocycles. The van der Waals surface area contributed by atoms with Gasteiger partial charge >= 0.3 is 0 Å². The Morgan fingerprint density at radius 3 is 2.92 bits per heavy atom. The molecule has 0 radical (unpaired) electrons. The zero-order valence-electron chi connectivity index (χ0n) is 7.71. The molecule has 0 fully saturated rings. The molecule has 0 unspecified atom stereocenters. The molecular weight excluding hydrogens is 164 g/mol. The molecule has 0 aliphatic rings. The van der Waals surface area contributed by atoms with E-state index < -0.39 is 0 Å². The molecule has 1 aromatic rings. The van der Waals surface area contributed by atoms with E-state index in [-0.39, 0.29) is 5.91 Å². The first-order valence-corrected chi connectivity index (χ1v) is 4.33. The Labute approximate surface area is 77.9 Å². The van der Waals surface area contributed by atoms with Crippen LogP contribution in [0.4, 0.5) is 5.69 Å². The van der Waals surface area contributed by atoms with E-state index in [4.69, 9.17) is 5.73 Å². The minimum absolute atomic E-state index is 0.0578. The number of amides is 1. The molecule has 0 saturated heterocycles. The van der Waals surface area contributed by atoms with Gasteiger partial charge in [-0.1, -0.05) is 19.1 Å². The number of carbonyl (C=O) groups excluding carboxylic acids is 1. The third-order valence-corrected chi connectivity index (χ3v) is 1.76. The average Bonchev–Trinajstić information content (AvgIpc) is 2.14. The van der Waals surface area contributed by atoms with E-state index in [2.05, 4.69) is 5.32 Å². The highest BCUT2D eigenvalue weighted by molar-refractivity contribution is 5.75. The van der Waals surface area contributed by atoms with Gasteiger partial charge in [-0.2, -0.15) is 0 Å². The van der Waals surface area contributed by atoms with Gasteiger partial charge in [0.1, 0.15) is 0 Å². The zero-order valence-corrected chi connectivity index (χ0v) is 7.71. The first-order valence-electron chi connectivity index (χ1n) is 4.33. The SMILES string of the molecule is CCC(=O)NCc1cccc(N)c1. The Balaban J connectivity index is 2.50. The first kappa shape index (κ1) is 9.58. The quantitative estimate of drug-likeness (QED) is 0.685. The second kappa shape index (κ2) is 4.50. The predicted molar refractivity (Wildman–Crippen MR) is 53.0 cm³/mol. The molecule has 1 rings (SSSR count). The number of hydrogen-bond acceptors (Lipinski definition) is 2. The summed E-state index contributed by atoms with van der Waals surface area (Å²) in [5, 5.41) is 2.78. The molecule has 3 N–H and O–H groups in total. The van der Waals surface area contributed by atoms with Gasteiger partial charge in [-0.3, -0.25) is 4.79 Å². The van der Waals surface area contributed by atoms with Crippen LogP contribution in [0.3, 0.4) is 0 Å². The molecule has 0 heterocycles. The van der Waals surface area contributed by atoms with Gasteiger partial charge in [0.05, 0.1) is 0 Å². The number of nitrogens with two attached hydrogens (primary N) is 1. The summed E-state index contributed by atoms with van der Waals surface area (Å²) in [4.78, 5) is 10.9. The summed E-state index contributed by atoms with van der Waals surface area (Å²) in [5.41, 5.74) is 7.34. The summed E-state index contributed by atoms with van der Waals surface area (Å²) in [6, 6.07) is 7.50. The first-order chi connectivity index (χ1) is 6.22. The van der Waals surface area contributed by atoms with Crippen molar-refractivity contribution in [2.75, 3.05) is 5.73 Å². The Kier molecular flexibility index (Phi) is 3.31. The van der Waals surface area contributed by atoms with E-state index in [1.807, 2.05) is 31.2 Å². The van der Waals surface area contributed by atoms with Gasteiger partial charge in [0.15, 0.2) is 0 Å². The fourth-order valence-corrected chi connectivity index (χ4v) is 1.03. The second-order valence-electron chi connectivity index (χ2n) is 2.88. The van der Waals surface area contributed by atoms with Crippen molar-refractivity contribution in [1.29, 1.82) is 0 Å². The molecule has 1 amide bonds. The van der Waals surface area contributed by atoms with Crippen molar-refractivity contribution >= 4 is 11.6 Å². The van der Waals surface area contributed by atoms with E-state index in [1.54, 1.807) is 0 Å². The number of carbonyl (C=O) groups is 1. The second-order valence-corrected chi connectivity index (χ2v) is 2.88. The van der Waals surface area contributed by atoms with Gasteiger partial charge in [-0.25, -0.2) is 0 Å². The molecule has 0 aliphatic carbocycles. The number of benzene rings is 1. The van der Waals surface area contributed by atoms with Crippen LogP contribution >= 0.6 is 0 Å². The molecule has 0 saturated carbocycles. The molecule has 3 nitrogen and oxygen atoms in total. The minimum Gasteiger partial charge on any atom is -0.399 e. The maximum Gasteiger partial charge on any atom is 0.219 e. The van der Waals surface area contributed by atoms with Crippen molar-refractivity contribution < 1.29 is 4.79 Å². The lowest BCUT2D eigenvalue weighted by Crippen LogP contribution is -2.21. The predicted octanol–water partition coefficient (Wildman–Crippen LogP) is 1.29. The van der Waals surface area contributed by atoms with Crippen molar-refractivity contribution in [2.45, 2.75) is 19.9 Å². The third kappa shape index (κ3) is 3.15. The summed E-state index contributed by atoms with van der Waals surface area (Å²) < 4.78 is 0. The van der Waals surface area contributed by atoms with Crippen LogP contribution in [0.25, 0.3) is 0 Å². The number of rotatable bonds is 3. The number of hydrogen-bond donors (Lipinski definition) is 2. The van der Waals surface area contributed by atoms with Gasteiger partial charge in [0.25, 0.3) is 0 Å². The topological polar surface area (TPSA) is 55.1 Å². The van der Waals surface area contributed by atoms with Crippen LogP contribution in [0.2, 0.25) is 0 Å². The van der Waals surface area contributed by atoms with Gasteiger partial charge in [-0.05, 0) is 17.7 Å². The minimum atomic E-state index is 0.0578. The molecule has 3 heteroatoms. The molecule has 13 heavy (non-hydrogen) atoms. The van der Waals surface area contributed by atoms with Gasteiger partial charge < -0.3 is 11.1 Å². The van der Waals surface area contributed by atoms with Crippen molar-refractivity contribution in [1.82, 2.24) is 5.32 Å². The van der Waals surface area contributed by atoms with E-state index >= 15 is 0 Å². The molecule has 70 valence electrons. The van der Waals surface area contributed by atoms with E-state index in [0.29, 0.717) is 13.0 Å². The van der Waals surface area contributed by atoms with E-state index in [1.165, 1.54) is 0 Å². The number of nitrogen functional groups attached to an aromatic ring is 1. The fourth-order valence-electron chi connectivity index (χ4n) is 1.03. The molecule has 0 spiro atoms. The standard InChI is InChI=1S/C10H14N2O/c1-2-10(13)12-7-8-4-3-5-9(11)6-8/h3-6H,2,7,11H2,1H3,(H,12,13). The summed E-state index contributed by atoms with van der Waals surface area (Å²) in [6.07, 6.45) is 0.516. The smallest absolute Gasteiger partial charge is 0.219 e. The Hall–Kier alpha value is -1.51. The molecular formula is C10H14N2O. The summed E-state index contributed by atoms with van der Waals surface area (Å²) in [6.45, 7) is 2.38. The lowest BCUT2D eigenvalue weighted by Gasteiger charge is -2.03. The van der Waals surface area contributed by atoms with Crippen LogP contribution in [-0.4, -0.2) is 5.91 Å².